The van der Waals surface area contributed by atoms with Gasteiger partial charge >= 0.3 is 5.69 Å². The van der Waals surface area contributed by atoms with E-state index in [0.29, 0.717) is 5.56 Å². The van der Waals surface area contributed by atoms with E-state index < -0.39 is 36.8 Å². The lowest BCUT2D eigenvalue weighted by molar-refractivity contribution is -0.0549. The molecular formula is C11H14BrN3O5. The second-order valence-electron chi connectivity index (χ2n) is 4.29. The first-order valence-corrected chi connectivity index (χ1v) is 6.69. The van der Waals surface area contributed by atoms with Crippen LogP contribution in [-0.4, -0.2) is 49.8 Å². The summed E-state index contributed by atoms with van der Waals surface area (Å²) in [6.07, 6.45) is -1.80. The molecule has 8 nitrogen and oxygen atoms in total. The van der Waals surface area contributed by atoms with Crippen molar-refractivity contribution in [3.05, 3.63) is 27.2 Å². The van der Waals surface area contributed by atoms with Crippen LogP contribution in [0.15, 0.2) is 16.0 Å². The zero-order valence-electron chi connectivity index (χ0n) is 10.3. The minimum atomic E-state index is -1.35. The number of aliphatic hydroxyl groups is 3. The van der Waals surface area contributed by atoms with Gasteiger partial charge in [0.2, 0.25) is 0 Å². The summed E-state index contributed by atoms with van der Waals surface area (Å²) in [6, 6.07) is 0. The second kappa shape index (κ2) is 6.02. The number of aromatic nitrogens is 2. The lowest BCUT2D eigenvalue weighted by Gasteiger charge is -2.18. The zero-order chi connectivity index (χ0) is 14.9. The van der Waals surface area contributed by atoms with Gasteiger partial charge in [0.25, 0.3) is 0 Å². The van der Waals surface area contributed by atoms with Gasteiger partial charge in [-0.1, -0.05) is 15.9 Å². The van der Waals surface area contributed by atoms with Gasteiger partial charge in [-0.3, -0.25) is 4.57 Å². The van der Waals surface area contributed by atoms with Crippen molar-refractivity contribution < 1.29 is 20.1 Å². The molecule has 1 aliphatic heterocycles. The molecule has 1 aliphatic rings. The predicted molar refractivity (Wildman–Crippen MR) is 73.9 cm³/mol. The van der Waals surface area contributed by atoms with Gasteiger partial charge in [-0.2, -0.15) is 4.98 Å². The molecule has 9 heteroatoms. The number of anilines is 1. The van der Waals surface area contributed by atoms with Crippen molar-refractivity contribution >= 4 is 27.8 Å². The van der Waals surface area contributed by atoms with Crippen LogP contribution in [0.4, 0.5) is 5.82 Å². The van der Waals surface area contributed by atoms with E-state index in [1.165, 1.54) is 11.2 Å². The number of rotatable bonds is 3. The average molecular weight is 348 g/mol. The topological polar surface area (TPSA) is 131 Å². The summed E-state index contributed by atoms with van der Waals surface area (Å²) in [6.45, 7) is -0.472. The van der Waals surface area contributed by atoms with Gasteiger partial charge in [0.1, 0.15) is 24.1 Å². The highest BCUT2D eigenvalue weighted by Crippen LogP contribution is 2.28. The van der Waals surface area contributed by atoms with Crippen molar-refractivity contribution in [2.45, 2.75) is 24.5 Å². The molecule has 2 heterocycles. The van der Waals surface area contributed by atoms with Crippen LogP contribution in [0.1, 0.15) is 11.8 Å². The highest BCUT2D eigenvalue weighted by Gasteiger charge is 2.43. The van der Waals surface area contributed by atoms with Crippen LogP contribution in [0.2, 0.25) is 0 Å². The molecule has 0 radical (unpaired) electrons. The highest BCUT2D eigenvalue weighted by molar-refractivity contribution is 9.11. The summed E-state index contributed by atoms with van der Waals surface area (Å²) in [4.78, 5) is 17.0. The standard InChI is InChI=1S/C11H14BrN3O5/c12-2-1-5-3-15(11(19)14-9(5)13)10-8(18)7(17)6(4-16)20-10/h1-3,6-8,10,16-18H,4H2,(H2,13,14,19)/b2-1+/t6-,7-,8-,10-/m1/s1. The van der Waals surface area contributed by atoms with Crippen molar-refractivity contribution in [2.75, 3.05) is 12.3 Å². The van der Waals surface area contributed by atoms with E-state index in [-0.39, 0.29) is 5.82 Å². The van der Waals surface area contributed by atoms with E-state index in [9.17, 15) is 15.0 Å². The maximum Gasteiger partial charge on any atom is 0.351 e. The molecule has 1 aromatic rings. The number of nitrogens with two attached hydrogens (primary N) is 1. The van der Waals surface area contributed by atoms with Crippen LogP contribution in [0.5, 0.6) is 0 Å². The summed E-state index contributed by atoms with van der Waals surface area (Å²) in [5, 5.41) is 28.6. The third-order valence-electron chi connectivity index (χ3n) is 3.04. The molecule has 0 amide bonds. The number of halogens is 1. The summed E-state index contributed by atoms with van der Waals surface area (Å²) < 4.78 is 6.30. The quantitative estimate of drug-likeness (QED) is 0.540. The van der Waals surface area contributed by atoms with E-state index in [1.54, 1.807) is 6.08 Å². The fraction of sp³-hybridized carbons (Fsp3) is 0.455. The Morgan fingerprint density at radius 3 is 2.75 bits per heavy atom. The molecule has 0 aromatic carbocycles. The number of nitrogen functional groups attached to an aromatic ring is 1. The molecule has 0 spiro atoms. The number of ether oxygens (including phenoxy) is 1. The molecule has 0 unspecified atom stereocenters. The minimum Gasteiger partial charge on any atom is -0.394 e. The number of aliphatic hydroxyl groups excluding tert-OH is 3. The van der Waals surface area contributed by atoms with Crippen LogP contribution in [-0.2, 0) is 4.74 Å². The fourth-order valence-corrected chi connectivity index (χ4v) is 2.27. The lowest BCUT2D eigenvalue weighted by atomic mass is 10.1. The largest absolute Gasteiger partial charge is 0.394 e. The van der Waals surface area contributed by atoms with Crippen LogP contribution >= 0.6 is 15.9 Å². The van der Waals surface area contributed by atoms with E-state index in [1.807, 2.05) is 0 Å². The zero-order valence-corrected chi connectivity index (χ0v) is 11.8. The third-order valence-corrected chi connectivity index (χ3v) is 3.31. The van der Waals surface area contributed by atoms with Crippen molar-refractivity contribution in [3.8, 4) is 0 Å². The molecule has 4 atom stereocenters. The molecule has 20 heavy (non-hydrogen) atoms. The Morgan fingerprint density at radius 2 is 2.20 bits per heavy atom. The Hall–Kier alpha value is -1.26. The van der Waals surface area contributed by atoms with Crippen molar-refractivity contribution in [2.24, 2.45) is 0 Å². The van der Waals surface area contributed by atoms with Gasteiger partial charge in [0.15, 0.2) is 6.23 Å². The summed E-state index contributed by atoms with van der Waals surface area (Å²) in [7, 11) is 0. The Bertz CT molecular complexity index is 576. The van der Waals surface area contributed by atoms with Gasteiger partial charge < -0.3 is 25.8 Å². The van der Waals surface area contributed by atoms with Gasteiger partial charge in [-0.25, -0.2) is 4.79 Å². The SMILES string of the molecule is Nc1nc(=O)n([C@@H]2O[C@H](CO)[C@@H](O)[C@H]2O)cc1/C=C/Br. The molecule has 1 aromatic heterocycles. The van der Waals surface area contributed by atoms with Crippen LogP contribution in [0.25, 0.3) is 6.08 Å². The first-order chi connectivity index (χ1) is 9.49. The second-order valence-corrected chi connectivity index (χ2v) is 4.82. The van der Waals surface area contributed by atoms with Crippen LogP contribution in [0, 0.1) is 0 Å². The van der Waals surface area contributed by atoms with Crippen LogP contribution in [0.3, 0.4) is 0 Å². The summed E-state index contributed by atoms with van der Waals surface area (Å²) in [5.74, 6) is 0.0358. The summed E-state index contributed by atoms with van der Waals surface area (Å²) in [5.41, 5.74) is 5.33. The van der Waals surface area contributed by atoms with Gasteiger partial charge in [0, 0.05) is 11.8 Å². The maximum absolute atomic E-state index is 11.8. The van der Waals surface area contributed by atoms with E-state index in [2.05, 4.69) is 20.9 Å². The number of hydrogen-bond acceptors (Lipinski definition) is 7. The van der Waals surface area contributed by atoms with Crippen molar-refractivity contribution in [1.82, 2.24) is 9.55 Å². The molecule has 2 rings (SSSR count). The van der Waals surface area contributed by atoms with E-state index in [4.69, 9.17) is 15.6 Å². The van der Waals surface area contributed by atoms with E-state index in [0.717, 1.165) is 4.57 Å². The molecular weight excluding hydrogens is 334 g/mol. The normalized spacial score (nSPS) is 30.2. The van der Waals surface area contributed by atoms with E-state index >= 15 is 0 Å². The summed E-state index contributed by atoms with van der Waals surface area (Å²) >= 11 is 3.08. The maximum atomic E-state index is 11.8. The van der Waals surface area contributed by atoms with Crippen molar-refractivity contribution in [3.63, 3.8) is 0 Å². The Kier molecular flexibility index (Phi) is 4.55. The van der Waals surface area contributed by atoms with Gasteiger partial charge in [-0.15, -0.1) is 0 Å². The fourth-order valence-electron chi connectivity index (χ4n) is 1.98. The minimum absolute atomic E-state index is 0.0358. The predicted octanol–water partition coefficient (Wildman–Crippen LogP) is -1.20. The molecule has 110 valence electrons. The monoisotopic (exact) mass is 347 g/mol. The molecule has 0 saturated carbocycles. The highest BCUT2D eigenvalue weighted by atomic mass is 79.9. The Morgan fingerprint density at radius 1 is 1.50 bits per heavy atom. The Balaban J connectivity index is 2.43. The number of nitrogens with zero attached hydrogens (tertiary/aromatic N) is 2. The lowest BCUT2D eigenvalue weighted by Crippen LogP contribution is -2.36. The van der Waals surface area contributed by atoms with Crippen LogP contribution < -0.4 is 11.4 Å². The first kappa shape index (κ1) is 15.1. The smallest absolute Gasteiger partial charge is 0.351 e. The molecule has 5 N–H and O–H groups in total. The van der Waals surface area contributed by atoms with Gasteiger partial charge in [0.05, 0.1) is 6.61 Å². The first-order valence-electron chi connectivity index (χ1n) is 5.77. The molecule has 0 aliphatic carbocycles. The molecule has 1 fully saturated rings. The Labute approximate surface area is 122 Å². The number of hydrogen-bond donors (Lipinski definition) is 4. The van der Waals surface area contributed by atoms with Crippen molar-refractivity contribution in [1.29, 1.82) is 0 Å². The molecule has 0 bridgehead atoms. The molecule has 1 saturated heterocycles. The third kappa shape index (κ3) is 2.63. The van der Waals surface area contributed by atoms with Gasteiger partial charge in [-0.05, 0) is 11.1 Å². The average Bonchev–Trinajstić information content (AvgIpc) is 2.70.